The van der Waals surface area contributed by atoms with Gasteiger partial charge in [0.05, 0.1) is 11.4 Å². The summed E-state index contributed by atoms with van der Waals surface area (Å²) in [5.74, 6) is 0.846. The lowest BCUT2D eigenvalue weighted by atomic mass is 10.1. The molecule has 6 heteroatoms. The summed E-state index contributed by atoms with van der Waals surface area (Å²) in [4.78, 5) is 4.65. The second-order valence-electron chi connectivity index (χ2n) is 7.53. The van der Waals surface area contributed by atoms with Crippen LogP contribution in [0, 0.1) is 13.8 Å². The third-order valence-corrected chi connectivity index (χ3v) is 5.17. The number of aromatic nitrogens is 4. The Bertz CT molecular complexity index is 1110. The maximum absolute atomic E-state index is 5.92. The Labute approximate surface area is 171 Å². The molecule has 4 aromatic rings. The lowest BCUT2D eigenvalue weighted by molar-refractivity contribution is 0.302. The molecular weight excluding hydrogens is 362 g/mol. The number of nitrogens with one attached hydrogen (secondary N) is 1. The molecule has 0 aliphatic rings. The van der Waals surface area contributed by atoms with Crippen molar-refractivity contribution in [2.45, 2.75) is 40.0 Å². The highest BCUT2D eigenvalue weighted by molar-refractivity contribution is 5.47. The fraction of sp³-hybridized carbons (Fsp3) is 0.304. The molecule has 0 bridgehead atoms. The molecule has 0 saturated heterocycles. The van der Waals surface area contributed by atoms with Crippen molar-refractivity contribution in [3.8, 4) is 5.75 Å². The molecule has 0 amide bonds. The zero-order valence-electron chi connectivity index (χ0n) is 17.4. The number of aryl methyl sites for hydroxylation is 3. The quantitative estimate of drug-likeness (QED) is 0.517. The predicted molar refractivity (Wildman–Crippen MR) is 114 cm³/mol. The lowest BCUT2D eigenvalue weighted by Gasteiger charge is -2.13. The van der Waals surface area contributed by atoms with Gasteiger partial charge in [0.15, 0.2) is 0 Å². The number of nitrogens with zero attached hydrogens (tertiary/aromatic N) is 4. The minimum absolute atomic E-state index is 0.248. The molecule has 1 N–H and O–H groups in total. The van der Waals surface area contributed by atoms with Crippen molar-refractivity contribution in [3.63, 3.8) is 0 Å². The van der Waals surface area contributed by atoms with E-state index in [4.69, 9.17) is 4.74 Å². The number of pyridine rings is 1. The van der Waals surface area contributed by atoms with Gasteiger partial charge in [-0.15, -0.1) is 0 Å². The third-order valence-electron chi connectivity index (χ3n) is 5.17. The van der Waals surface area contributed by atoms with E-state index in [0.717, 1.165) is 34.9 Å². The minimum atomic E-state index is 0.248. The molecular formula is C23H27N5O. The highest BCUT2D eigenvalue weighted by Gasteiger charge is 2.11. The summed E-state index contributed by atoms with van der Waals surface area (Å²) >= 11 is 0. The SMILES string of the molecule is Cc1nn(C)cc1C(C)NCc1ccc(OCc2cn3cccc(C)c3n2)cc1. The summed E-state index contributed by atoms with van der Waals surface area (Å²) < 4.78 is 9.82. The number of hydrogen-bond donors (Lipinski definition) is 1. The largest absolute Gasteiger partial charge is 0.487 e. The van der Waals surface area contributed by atoms with Gasteiger partial charge in [-0.05, 0) is 50.1 Å². The molecule has 29 heavy (non-hydrogen) atoms. The van der Waals surface area contributed by atoms with Gasteiger partial charge in [0, 0.05) is 43.8 Å². The Kier molecular flexibility index (Phi) is 5.36. The van der Waals surface area contributed by atoms with Crippen molar-refractivity contribution in [3.05, 3.63) is 83.1 Å². The summed E-state index contributed by atoms with van der Waals surface area (Å²) in [7, 11) is 1.95. The lowest BCUT2D eigenvalue weighted by Crippen LogP contribution is -2.18. The summed E-state index contributed by atoms with van der Waals surface area (Å²) in [6.45, 7) is 7.52. The highest BCUT2D eigenvalue weighted by atomic mass is 16.5. The Morgan fingerprint density at radius 1 is 1.10 bits per heavy atom. The molecule has 1 atom stereocenters. The van der Waals surface area contributed by atoms with E-state index in [1.165, 1.54) is 11.1 Å². The zero-order valence-corrected chi connectivity index (χ0v) is 17.4. The Hall–Kier alpha value is -3.12. The van der Waals surface area contributed by atoms with Crippen LogP contribution in [0.2, 0.25) is 0 Å². The Morgan fingerprint density at radius 3 is 2.59 bits per heavy atom. The van der Waals surface area contributed by atoms with Crippen LogP contribution in [0.15, 0.2) is 55.0 Å². The molecule has 3 heterocycles. The maximum atomic E-state index is 5.92. The molecule has 1 aromatic carbocycles. The molecule has 4 rings (SSSR count). The van der Waals surface area contributed by atoms with Gasteiger partial charge < -0.3 is 14.5 Å². The fourth-order valence-corrected chi connectivity index (χ4v) is 3.56. The number of fused-ring (bicyclic) bond motifs is 1. The first-order chi connectivity index (χ1) is 14.0. The van der Waals surface area contributed by atoms with Crippen molar-refractivity contribution in [2.24, 2.45) is 7.05 Å². The standard InChI is InChI=1S/C23H27N5O/c1-16-6-5-11-28-13-20(25-23(16)28)15-29-21-9-7-19(8-10-21)12-24-17(2)22-14-27(4)26-18(22)3/h5-11,13-14,17,24H,12,15H2,1-4H3. The molecule has 0 aliphatic heterocycles. The monoisotopic (exact) mass is 389 g/mol. The van der Waals surface area contributed by atoms with E-state index in [0.29, 0.717) is 6.61 Å². The topological polar surface area (TPSA) is 56.4 Å². The molecule has 1 unspecified atom stereocenters. The van der Waals surface area contributed by atoms with Crippen molar-refractivity contribution < 1.29 is 4.74 Å². The van der Waals surface area contributed by atoms with Gasteiger partial charge in [0.2, 0.25) is 0 Å². The van der Waals surface area contributed by atoms with E-state index < -0.39 is 0 Å². The van der Waals surface area contributed by atoms with Crippen molar-refractivity contribution in [1.82, 2.24) is 24.5 Å². The second-order valence-corrected chi connectivity index (χ2v) is 7.53. The van der Waals surface area contributed by atoms with Gasteiger partial charge in [-0.2, -0.15) is 5.10 Å². The zero-order chi connectivity index (χ0) is 20.4. The summed E-state index contributed by atoms with van der Waals surface area (Å²) in [5.41, 5.74) is 6.57. The normalized spacial score (nSPS) is 12.4. The number of hydrogen-bond acceptors (Lipinski definition) is 4. The van der Waals surface area contributed by atoms with Crippen LogP contribution in [-0.4, -0.2) is 19.2 Å². The average molecular weight is 390 g/mol. The fourth-order valence-electron chi connectivity index (χ4n) is 3.56. The summed E-state index contributed by atoms with van der Waals surface area (Å²) in [6, 6.07) is 12.6. The summed E-state index contributed by atoms with van der Waals surface area (Å²) in [6.07, 6.45) is 6.10. The van der Waals surface area contributed by atoms with Crippen molar-refractivity contribution in [2.75, 3.05) is 0 Å². The highest BCUT2D eigenvalue weighted by Crippen LogP contribution is 2.18. The van der Waals surface area contributed by atoms with Crippen LogP contribution in [0.4, 0.5) is 0 Å². The van der Waals surface area contributed by atoms with Gasteiger partial charge in [-0.1, -0.05) is 18.2 Å². The van der Waals surface area contributed by atoms with Crippen LogP contribution in [0.5, 0.6) is 5.75 Å². The minimum Gasteiger partial charge on any atom is -0.487 e. The molecule has 0 saturated carbocycles. The maximum Gasteiger partial charge on any atom is 0.140 e. The van der Waals surface area contributed by atoms with Gasteiger partial charge in [0.25, 0.3) is 0 Å². The first kappa shape index (κ1) is 19.2. The second kappa shape index (κ2) is 8.09. The van der Waals surface area contributed by atoms with Gasteiger partial charge >= 0.3 is 0 Å². The van der Waals surface area contributed by atoms with E-state index in [1.807, 2.05) is 53.6 Å². The summed E-state index contributed by atoms with van der Waals surface area (Å²) in [5, 5.41) is 7.98. The number of imidazole rings is 1. The molecule has 0 spiro atoms. The number of ether oxygens (including phenoxy) is 1. The van der Waals surface area contributed by atoms with Gasteiger partial charge in [-0.25, -0.2) is 4.98 Å². The van der Waals surface area contributed by atoms with E-state index in [9.17, 15) is 0 Å². The van der Waals surface area contributed by atoms with Crippen molar-refractivity contribution >= 4 is 5.65 Å². The van der Waals surface area contributed by atoms with Crippen LogP contribution >= 0.6 is 0 Å². The molecule has 0 fully saturated rings. The van der Waals surface area contributed by atoms with E-state index >= 15 is 0 Å². The van der Waals surface area contributed by atoms with E-state index in [-0.39, 0.29) is 6.04 Å². The third kappa shape index (κ3) is 4.32. The van der Waals surface area contributed by atoms with Crippen LogP contribution < -0.4 is 10.1 Å². The Balaban J connectivity index is 1.32. The van der Waals surface area contributed by atoms with E-state index in [2.05, 4.69) is 53.6 Å². The average Bonchev–Trinajstić information content (AvgIpc) is 3.28. The van der Waals surface area contributed by atoms with Crippen molar-refractivity contribution in [1.29, 1.82) is 0 Å². The molecule has 0 aliphatic carbocycles. The smallest absolute Gasteiger partial charge is 0.140 e. The first-order valence-corrected chi connectivity index (χ1v) is 9.88. The predicted octanol–water partition coefficient (Wildman–Crippen LogP) is 4.11. The number of benzene rings is 1. The van der Waals surface area contributed by atoms with Crippen LogP contribution in [-0.2, 0) is 20.2 Å². The van der Waals surface area contributed by atoms with Gasteiger partial charge in [-0.3, -0.25) is 4.68 Å². The first-order valence-electron chi connectivity index (χ1n) is 9.88. The molecule has 0 radical (unpaired) electrons. The molecule has 3 aromatic heterocycles. The van der Waals surface area contributed by atoms with Crippen LogP contribution in [0.1, 0.15) is 41.0 Å². The van der Waals surface area contributed by atoms with Gasteiger partial charge in [0.1, 0.15) is 18.0 Å². The molecule has 150 valence electrons. The van der Waals surface area contributed by atoms with E-state index in [1.54, 1.807) is 0 Å². The van der Waals surface area contributed by atoms with Crippen LogP contribution in [0.3, 0.4) is 0 Å². The Morgan fingerprint density at radius 2 is 1.90 bits per heavy atom. The molecule has 6 nitrogen and oxygen atoms in total. The number of rotatable bonds is 7. The van der Waals surface area contributed by atoms with Crippen LogP contribution in [0.25, 0.3) is 5.65 Å².